The van der Waals surface area contributed by atoms with E-state index in [1.54, 1.807) is 6.07 Å². The summed E-state index contributed by atoms with van der Waals surface area (Å²) in [6.45, 7) is 2.01. The second-order valence-corrected chi connectivity index (χ2v) is 7.22. The summed E-state index contributed by atoms with van der Waals surface area (Å²) in [5.74, 6) is -2.53. The maximum atomic E-state index is 11.6. The van der Waals surface area contributed by atoms with Crippen molar-refractivity contribution in [2.75, 3.05) is 0 Å². The largest absolute Gasteiger partial charge is 0.545 e. The number of carboxylic acid groups (broad SMARTS) is 2. The molecule has 4 rings (SSSR count). The van der Waals surface area contributed by atoms with Gasteiger partial charge in [0.1, 0.15) is 6.33 Å². The minimum atomic E-state index is -1.40. The lowest BCUT2D eigenvalue weighted by atomic mass is 10.1. The molecule has 8 heteroatoms. The normalized spacial score (nSPS) is 10.9. The fourth-order valence-corrected chi connectivity index (χ4v) is 3.08. The van der Waals surface area contributed by atoms with Crippen LogP contribution >= 0.6 is 0 Å². The van der Waals surface area contributed by atoms with Crippen LogP contribution in [-0.2, 0) is 0 Å². The first-order valence-corrected chi connectivity index (χ1v) is 9.89. The highest BCUT2D eigenvalue weighted by molar-refractivity contribution is 5.90. The number of hydrogen-bond acceptors (Lipinski definition) is 7. The molecule has 0 saturated carbocycles. The molecule has 0 bridgehead atoms. The smallest absolute Gasteiger partial charge is 0.335 e. The monoisotopic (exact) mass is 437 g/mol. The van der Waals surface area contributed by atoms with Crippen LogP contribution in [-0.4, -0.2) is 37.0 Å². The Bertz CT molecular complexity index is 1380. The minimum Gasteiger partial charge on any atom is -0.545 e. The van der Waals surface area contributed by atoms with E-state index in [1.807, 2.05) is 43.3 Å². The molecule has 0 saturated heterocycles. The van der Waals surface area contributed by atoms with Crippen LogP contribution in [0.5, 0.6) is 0 Å². The zero-order valence-corrected chi connectivity index (χ0v) is 17.5. The number of carboxylic acids is 2. The molecule has 1 aromatic carbocycles. The van der Waals surface area contributed by atoms with E-state index in [4.69, 9.17) is 0 Å². The second kappa shape index (κ2) is 9.19. The zero-order chi connectivity index (χ0) is 23.4. The van der Waals surface area contributed by atoms with Crippen molar-refractivity contribution < 1.29 is 19.8 Å². The Morgan fingerprint density at radius 2 is 1.48 bits per heavy atom. The molecule has 3 aromatic heterocycles. The summed E-state index contributed by atoms with van der Waals surface area (Å²) in [7, 11) is 0. The molecule has 33 heavy (non-hydrogen) atoms. The highest BCUT2D eigenvalue weighted by atomic mass is 16.4. The number of aromatic nitrogens is 4. The van der Waals surface area contributed by atoms with Crippen LogP contribution in [0.4, 0.5) is 0 Å². The van der Waals surface area contributed by atoms with Gasteiger partial charge in [-0.15, -0.1) is 0 Å². The van der Waals surface area contributed by atoms with Crippen LogP contribution in [0.25, 0.3) is 34.9 Å². The molecular formula is C25H17N4O4-. The number of pyridine rings is 2. The molecule has 0 unspecified atom stereocenters. The van der Waals surface area contributed by atoms with Gasteiger partial charge in [-0.2, -0.15) is 0 Å². The lowest BCUT2D eigenvalue weighted by Crippen LogP contribution is -2.22. The Balaban J connectivity index is 1.73. The number of benzene rings is 1. The predicted octanol–water partition coefficient (Wildman–Crippen LogP) is 3.14. The lowest BCUT2D eigenvalue weighted by molar-refractivity contribution is -0.255. The number of hydrogen-bond donors (Lipinski definition) is 1. The third kappa shape index (κ3) is 5.13. The van der Waals surface area contributed by atoms with Gasteiger partial charge < -0.3 is 15.0 Å². The van der Waals surface area contributed by atoms with Crippen LogP contribution < -0.4 is 5.11 Å². The summed E-state index contributed by atoms with van der Waals surface area (Å²) in [6, 6.07) is 15.0. The van der Waals surface area contributed by atoms with Crippen molar-refractivity contribution >= 4 is 24.1 Å². The highest BCUT2D eigenvalue weighted by Crippen LogP contribution is 2.24. The van der Waals surface area contributed by atoms with E-state index in [9.17, 15) is 19.8 Å². The Labute approximate surface area is 189 Å². The van der Waals surface area contributed by atoms with Gasteiger partial charge in [0.2, 0.25) is 0 Å². The SMILES string of the molecule is Cc1ccc(/C=C/c2cc(-c3cc(C(=O)[O-])cc(-c4cc(C(=O)O)ccn4)n3)ncn2)cc1. The van der Waals surface area contributed by atoms with E-state index >= 15 is 0 Å². The number of carbonyl (C=O) groups is 2. The number of aromatic carboxylic acids is 2. The number of aryl methyl sites for hydroxylation is 1. The number of rotatable bonds is 6. The molecule has 3 heterocycles. The van der Waals surface area contributed by atoms with E-state index in [0.29, 0.717) is 11.4 Å². The molecule has 0 aliphatic rings. The van der Waals surface area contributed by atoms with Gasteiger partial charge in [-0.1, -0.05) is 35.9 Å². The maximum Gasteiger partial charge on any atom is 0.335 e. The number of carbonyl (C=O) groups excluding carboxylic acids is 1. The summed E-state index contributed by atoms with van der Waals surface area (Å²) in [5.41, 5.74) is 3.71. The predicted molar refractivity (Wildman–Crippen MR) is 120 cm³/mol. The van der Waals surface area contributed by atoms with Crippen molar-refractivity contribution in [2.24, 2.45) is 0 Å². The molecule has 0 amide bonds. The van der Waals surface area contributed by atoms with Gasteiger partial charge in [0.25, 0.3) is 0 Å². The van der Waals surface area contributed by atoms with Crippen LogP contribution in [0, 0.1) is 6.92 Å². The van der Waals surface area contributed by atoms with Gasteiger partial charge in [0, 0.05) is 11.8 Å². The Morgan fingerprint density at radius 3 is 2.15 bits per heavy atom. The van der Waals surface area contributed by atoms with Gasteiger partial charge in [0.15, 0.2) is 0 Å². The Morgan fingerprint density at radius 1 is 0.818 bits per heavy atom. The molecule has 0 spiro atoms. The number of nitrogens with zero attached hydrogens (tertiary/aromatic N) is 4. The summed E-state index contributed by atoms with van der Waals surface area (Å²) >= 11 is 0. The first-order valence-electron chi connectivity index (χ1n) is 9.89. The van der Waals surface area contributed by atoms with Gasteiger partial charge >= 0.3 is 5.97 Å². The zero-order valence-electron chi connectivity index (χ0n) is 17.5. The first-order chi connectivity index (χ1) is 15.9. The standard InChI is InChI=1S/C25H18N4O4/c1-15-2-4-16(5-3-15)6-7-19-13-21(28-14-27-19)23-12-18(25(32)33)11-22(29-23)20-10-17(24(30)31)8-9-26-20/h2-14H,1H3,(H,30,31)(H,32,33)/p-1/b7-6+. The second-order valence-electron chi connectivity index (χ2n) is 7.22. The van der Waals surface area contributed by atoms with Crippen LogP contribution in [0.2, 0.25) is 0 Å². The molecule has 0 aliphatic carbocycles. The summed E-state index contributed by atoms with van der Waals surface area (Å²) < 4.78 is 0. The fraction of sp³-hybridized carbons (Fsp3) is 0.0400. The minimum absolute atomic E-state index is 0.00719. The summed E-state index contributed by atoms with van der Waals surface area (Å²) in [6.07, 6.45) is 6.41. The van der Waals surface area contributed by atoms with E-state index in [-0.39, 0.29) is 28.2 Å². The van der Waals surface area contributed by atoms with E-state index in [2.05, 4.69) is 19.9 Å². The highest BCUT2D eigenvalue weighted by Gasteiger charge is 2.12. The van der Waals surface area contributed by atoms with Crippen molar-refractivity contribution in [1.29, 1.82) is 0 Å². The Hall–Kier alpha value is -4.72. The average molecular weight is 437 g/mol. The first kappa shape index (κ1) is 21.5. The van der Waals surface area contributed by atoms with Crippen LogP contribution in [0.15, 0.2) is 67.1 Å². The van der Waals surface area contributed by atoms with Crippen molar-refractivity contribution in [1.82, 2.24) is 19.9 Å². The van der Waals surface area contributed by atoms with Crippen molar-refractivity contribution in [3.8, 4) is 22.8 Å². The quantitative estimate of drug-likeness (QED) is 0.487. The fourth-order valence-electron chi connectivity index (χ4n) is 3.08. The summed E-state index contributed by atoms with van der Waals surface area (Å²) in [4.78, 5) is 39.9. The van der Waals surface area contributed by atoms with Gasteiger partial charge in [-0.25, -0.2) is 19.7 Å². The van der Waals surface area contributed by atoms with E-state index < -0.39 is 11.9 Å². The molecule has 0 radical (unpaired) electrons. The molecule has 0 fully saturated rings. The van der Waals surface area contributed by atoms with Crippen LogP contribution in [0.1, 0.15) is 37.5 Å². The van der Waals surface area contributed by atoms with Crippen LogP contribution in [0.3, 0.4) is 0 Å². The topological polar surface area (TPSA) is 129 Å². The molecule has 162 valence electrons. The molecule has 0 aliphatic heterocycles. The molecule has 1 N–H and O–H groups in total. The van der Waals surface area contributed by atoms with Crippen molar-refractivity contribution in [3.05, 3.63) is 95.1 Å². The van der Waals surface area contributed by atoms with Crippen molar-refractivity contribution in [3.63, 3.8) is 0 Å². The lowest BCUT2D eigenvalue weighted by Gasteiger charge is -2.10. The molecule has 4 aromatic rings. The third-order valence-electron chi connectivity index (χ3n) is 4.80. The average Bonchev–Trinajstić information content (AvgIpc) is 2.83. The summed E-state index contributed by atoms with van der Waals surface area (Å²) in [5, 5.41) is 20.8. The Kier molecular flexibility index (Phi) is 5.99. The van der Waals surface area contributed by atoms with Gasteiger partial charge in [-0.05, 0) is 48.9 Å². The van der Waals surface area contributed by atoms with Crippen molar-refractivity contribution in [2.45, 2.75) is 6.92 Å². The van der Waals surface area contributed by atoms with E-state index in [0.717, 1.165) is 11.1 Å². The maximum absolute atomic E-state index is 11.6. The molecule has 0 atom stereocenters. The molecular weight excluding hydrogens is 420 g/mol. The third-order valence-corrected chi connectivity index (χ3v) is 4.80. The van der Waals surface area contributed by atoms with Gasteiger partial charge in [0.05, 0.1) is 40.0 Å². The van der Waals surface area contributed by atoms with Gasteiger partial charge in [-0.3, -0.25) is 4.98 Å². The molecule has 8 nitrogen and oxygen atoms in total. The van der Waals surface area contributed by atoms with E-state index in [1.165, 1.54) is 36.8 Å².